The zero-order chi connectivity index (χ0) is 12.4. The lowest BCUT2D eigenvalue weighted by Crippen LogP contribution is -2.48. The van der Waals surface area contributed by atoms with E-state index in [9.17, 15) is 5.21 Å². The molecule has 0 amide bonds. The molecule has 0 aliphatic carbocycles. The highest BCUT2D eigenvalue weighted by Gasteiger charge is 2.23. The SMILES string of the molecule is CCCCC[N+](C)(CCCCN)ON(C)[O-]. The molecule has 0 aromatic heterocycles. The number of nitrogens with zero attached hydrogens (tertiary/aromatic N) is 2. The fourth-order valence-electron chi connectivity index (χ4n) is 1.76. The molecule has 0 heterocycles. The van der Waals surface area contributed by atoms with Crippen LogP contribution in [0, 0.1) is 5.21 Å². The predicted molar refractivity (Wildman–Crippen MR) is 65.9 cm³/mol. The first-order valence-electron chi connectivity index (χ1n) is 6.19. The Hall–Kier alpha value is -0.200. The second kappa shape index (κ2) is 8.90. The van der Waals surface area contributed by atoms with Gasteiger partial charge in [0.15, 0.2) is 0 Å². The summed E-state index contributed by atoms with van der Waals surface area (Å²) in [7, 11) is 3.35. The quantitative estimate of drug-likeness (QED) is 0.354. The Bertz CT molecular complexity index is 155. The van der Waals surface area contributed by atoms with Gasteiger partial charge < -0.3 is 10.9 Å². The van der Waals surface area contributed by atoms with E-state index in [-0.39, 0.29) is 0 Å². The van der Waals surface area contributed by atoms with Gasteiger partial charge in [0.05, 0.1) is 0 Å². The van der Waals surface area contributed by atoms with Gasteiger partial charge in [0, 0.05) is 13.5 Å². The molecule has 0 fully saturated rings. The van der Waals surface area contributed by atoms with Crippen LogP contribution in [0.2, 0.25) is 0 Å². The first-order valence-corrected chi connectivity index (χ1v) is 6.19. The van der Waals surface area contributed by atoms with Crippen molar-refractivity contribution in [1.29, 1.82) is 0 Å². The third-order valence-electron chi connectivity index (χ3n) is 2.63. The standard InChI is InChI=1S/C11H27N3O2/c1-4-5-7-10-14(3,16-13(2)15)11-8-6-9-12/h4-12H2,1-3H3. The number of hydrogen-bond donors (Lipinski definition) is 1. The number of quaternary nitrogens is 1. The summed E-state index contributed by atoms with van der Waals surface area (Å²) in [4.78, 5) is 5.31. The van der Waals surface area contributed by atoms with E-state index in [0.717, 1.165) is 32.4 Å². The molecule has 0 bridgehead atoms. The van der Waals surface area contributed by atoms with Crippen molar-refractivity contribution in [3.63, 3.8) is 0 Å². The van der Waals surface area contributed by atoms with E-state index in [0.29, 0.717) is 16.4 Å². The molecule has 1 unspecified atom stereocenters. The summed E-state index contributed by atoms with van der Waals surface area (Å²) in [5.74, 6) is 0. The predicted octanol–water partition coefficient (Wildman–Crippen LogP) is 1.64. The lowest BCUT2D eigenvalue weighted by atomic mass is 10.2. The second-order valence-corrected chi connectivity index (χ2v) is 4.47. The maximum Gasteiger partial charge on any atom is 0.110 e. The van der Waals surface area contributed by atoms with Gasteiger partial charge in [-0.3, -0.25) is 0 Å². The van der Waals surface area contributed by atoms with Gasteiger partial charge in [0.25, 0.3) is 0 Å². The molecule has 0 rings (SSSR count). The van der Waals surface area contributed by atoms with Crippen LogP contribution in [-0.4, -0.2) is 43.6 Å². The molecular formula is C11H27N3O2. The van der Waals surface area contributed by atoms with E-state index < -0.39 is 0 Å². The molecule has 98 valence electrons. The van der Waals surface area contributed by atoms with Crippen molar-refractivity contribution in [3.05, 3.63) is 5.21 Å². The average Bonchev–Trinajstić information content (AvgIpc) is 2.17. The van der Waals surface area contributed by atoms with Gasteiger partial charge in [-0.2, -0.15) is 4.65 Å². The molecule has 1 atom stereocenters. The van der Waals surface area contributed by atoms with Crippen molar-refractivity contribution < 1.29 is 9.58 Å². The maximum absolute atomic E-state index is 11.0. The number of rotatable bonds is 10. The van der Waals surface area contributed by atoms with Gasteiger partial charge in [-0.1, -0.05) is 13.3 Å². The van der Waals surface area contributed by atoms with E-state index in [4.69, 9.17) is 10.7 Å². The van der Waals surface area contributed by atoms with Crippen LogP contribution in [-0.2, 0) is 4.94 Å². The van der Waals surface area contributed by atoms with E-state index in [1.165, 1.54) is 19.9 Å². The molecule has 5 nitrogen and oxygen atoms in total. The molecule has 2 N–H and O–H groups in total. The first-order chi connectivity index (χ1) is 7.54. The van der Waals surface area contributed by atoms with E-state index in [1.54, 1.807) is 0 Å². The molecule has 0 radical (unpaired) electrons. The Morgan fingerprint density at radius 2 is 1.75 bits per heavy atom. The lowest BCUT2D eigenvalue weighted by molar-refractivity contribution is -1.11. The van der Waals surface area contributed by atoms with Crippen molar-refractivity contribution in [2.45, 2.75) is 39.0 Å². The Morgan fingerprint density at radius 3 is 2.19 bits per heavy atom. The molecule has 0 aromatic rings. The molecular weight excluding hydrogens is 206 g/mol. The van der Waals surface area contributed by atoms with Crippen LogP contribution >= 0.6 is 0 Å². The summed E-state index contributed by atoms with van der Waals surface area (Å²) >= 11 is 0. The van der Waals surface area contributed by atoms with Crippen LogP contribution < -0.4 is 5.73 Å². The molecule has 0 aromatic carbocycles. The molecule has 0 saturated carbocycles. The normalized spacial score (nSPS) is 15.4. The third kappa shape index (κ3) is 8.01. The van der Waals surface area contributed by atoms with Gasteiger partial charge in [0.2, 0.25) is 0 Å². The summed E-state index contributed by atoms with van der Waals surface area (Å²) in [5, 5.41) is 11.5. The van der Waals surface area contributed by atoms with Gasteiger partial charge in [-0.25, -0.2) is 5.23 Å². The third-order valence-corrected chi connectivity index (χ3v) is 2.63. The summed E-state index contributed by atoms with van der Waals surface area (Å²) in [6.07, 6.45) is 5.41. The number of hydroxylamine groups is 5. The fourth-order valence-corrected chi connectivity index (χ4v) is 1.76. The first kappa shape index (κ1) is 15.8. The van der Waals surface area contributed by atoms with Crippen molar-refractivity contribution >= 4 is 0 Å². The highest BCUT2D eigenvalue weighted by molar-refractivity contribution is 4.41. The van der Waals surface area contributed by atoms with Crippen molar-refractivity contribution in [1.82, 2.24) is 5.23 Å². The number of hydrogen-bond acceptors (Lipinski definition) is 4. The van der Waals surface area contributed by atoms with Crippen LogP contribution in [0.4, 0.5) is 0 Å². The Labute approximate surface area is 99.2 Å². The maximum atomic E-state index is 11.0. The minimum absolute atomic E-state index is 0.361. The van der Waals surface area contributed by atoms with E-state index in [2.05, 4.69) is 6.92 Å². The molecule has 0 saturated heterocycles. The van der Waals surface area contributed by atoms with Gasteiger partial charge in [0.1, 0.15) is 20.1 Å². The van der Waals surface area contributed by atoms with Crippen molar-refractivity contribution in [2.75, 3.05) is 33.7 Å². The minimum Gasteiger partial charge on any atom is -0.758 e. The van der Waals surface area contributed by atoms with Crippen LogP contribution in [0.25, 0.3) is 0 Å². The monoisotopic (exact) mass is 233 g/mol. The smallest absolute Gasteiger partial charge is 0.110 e. The number of nitrogens with two attached hydrogens (primary N) is 1. The van der Waals surface area contributed by atoms with Crippen molar-refractivity contribution in [2.24, 2.45) is 5.73 Å². The highest BCUT2D eigenvalue weighted by Crippen LogP contribution is 2.11. The molecule has 0 aliphatic rings. The number of unbranched alkanes of at least 4 members (excludes halogenated alkanes) is 3. The average molecular weight is 233 g/mol. The zero-order valence-corrected chi connectivity index (χ0v) is 10.9. The second-order valence-electron chi connectivity index (χ2n) is 4.47. The molecule has 16 heavy (non-hydrogen) atoms. The van der Waals surface area contributed by atoms with Crippen LogP contribution in [0.5, 0.6) is 0 Å². The molecule has 0 aliphatic heterocycles. The summed E-state index contributed by atoms with van der Waals surface area (Å²) < 4.78 is 0.361. The van der Waals surface area contributed by atoms with Gasteiger partial charge in [-0.05, 0) is 25.8 Å². The van der Waals surface area contributed by atoms with Crippen molar-refractivity contribution in [3.8, 4) is 0 Å². The molecule has 0 spiro atoms. The highest BCUT2D eigenvalue weighted by atomic mass is 17.0. The fraction of sp³-hybridized carbons (Fsp3) is 1.00. The minimum atomic E-state index is 0.361. The lowest BCUT2D eigenvalue weighted by Gasteiger charge is -2.36. The Morgan fingerprint density at radius 1 is 1.19 bits per heavy atom. The van der Waals surface area contributed by atoms with Crippen LogP contribution in [0.3, 0.4) is 0 Å². The largest absolute Gasteiger partial charge is 0.758 e. The Kier molecular flexibility index (Phi) is 8.78. The van der Waals surface area contributed by atoms with Crippen LogP contribution in [0.15, 0.2) is 0 Å². The van der Waals surface area contributed by atoms with Gasteiger partial charge >= 0.3 is 0 Å². The van der Waals surface area contributed by atoms with Crippen LogP contribution in [0.1, 0.15) is 39.0 Å². The van der Waals surface area contributed by atoms with E-state index in [1.807, 2.05) is 7.05 Å². The molecule has 5 heteroatoms. The summed E-state index contributed by atoms with van der Waals surface area (Å²) in [6.45, 7) is 4.58. The summed E-state index contributed by atoms with van der Waals surface area (Å²) in [5.41, 5.74) is 5.46. The Balaban J connectivity index is 4.02. The summed E-state index contributed by atoms with van der Waals surface area (Å²) in [6, 6.07) is 0. The topological polar surface area (TPSA) is 61.5 Å². The van der Waals surface area contributed by atoms with E-state index >= 15 is 0 Å². The van der Waals surface area contributed by atoms with Gasteiger partial charge in [-0.15, -0.1) is 4.94 Å². The zero-order valence-electron chi connectivity index (χ0n) is 10.9.